The van der Waals surface area contributed by atoms with Crippen LogP contribution in [0.15, 0.2) is 4.34 Å². The van der Waals surface area contributed by atoms with Gasteiger partial charge in [0.15, 0.2) is 4.34 Å². The van der Waals surface area contributed by atoms with E-state index >= 15 is 0 Å². The zero-order valence-electron chi connectivity index (χ0n) is 16.6. The second kappa shape index (κ2) is 11.1. The maximum Gasteiger partial charge on any atom is 0.230 e. The molecule has 2 N–H and O–H groups in total. The highest BCUT2D eigenvalue weighted by atomic mass is 32.2. The zero-order valence-corrected chi connectivity index (χ0v) is 18.2. The molecule has 2 rings (SSSR count). The molecule has 1 aromatic heterocycles. The van der Waals surface area contributed by atoms with Gasteiger partial charge in [0.2, 0.25) is 11.0 Å². The monoisotopic (exact) mass is 398 g/mol. The van der Waals surface area contributed by atoms with E-state index in [1.807, 2.05) is 0 Å². The van der Waals surface area contributed by atoms with Crippen molar-refractivity contribution in [2.75, 3.05) is 17.6 Å². The lowest BCUT2D eigenvalue weighted by molar-refractivity contribution is -0.119. The quantitative estimate of drug-likeness (QED) is 0.437. The molecule has 1 saturated carbocycles. The van der Waals surface area contributed by atoms with E-state index in [-0.39, 0.29) is 5.91 Å². The van der Waals surface area contributed by atoms with E-state index in [1.54, 1.807) is 0 Å². The summed E-state index contributed by atoms with van der Waals surface area (Å²) in [5.41, 5.74) is 0. The molecule has 0 bridgehead atoms. The number of amides is 1. The molecule has 1 aliphatic rings. The van der Waals surface area contributed by atoms with E-state index in [9.17, 15) is 4.79 Å². The Morgan fingerprint density at radius 2 is 2.15 bits per heavy atom. The first-order valence-electron chi connectivity index (χ1n) is 9.99. The van der Waals surface area contributed by atoms with Gasteiger partial charge in [-0.2, -0.15) is 0 Å². The van der Waals surface area contributed by atoms with Gasteiger partial charge < -0.3 is 10.6 Å². The second-order valence-electron chi connectivity index (χ2n) is 7.69. The van der Waals surface area contributed by atoms with Crippen molar-refractivity contribution in [1.82, 2.24) is 15.5 Å². The summed E-state index contributed by atoms with van der Waals surface area (Å²) in [4.78, 5) is 12.3. The highest BCUT2D eigenvalue weighted by Gasteiger charge is 2.28. The Labute approximate surface area is 166 Å². The Morgan fingerprint density at radius 1 is 1.35 bits per heavy atom. The first-order chi connectivity index (χ1) is 12.5. The Hall–Kier alpha value is -0.820. The molecular weight excluding hydrogens is 364 g/mol. The third kappa shape index (κ3) is 7.06. The predicted molar refractivity (Wildman–Crippen MR) is 112 cm³/mol. The minimum absolute atomic E-state index is 0.110. The highest BCUT2D eigenvalue weighted by Crippen LogP contribution is 2.30. The van der Waals surface area contributed by atoms with Gasteiger partial charge in [0.05, 0.1) is 5.75 Å². The van der Waals surface area contributed by atoms with Crippen LogP contribution in [-0.4, -0.2) is 34.4 Å². The van der Waals surface area contributed by atoms with Crippen molar-refractivity contribution < 1.29 is 4.79 Å². The Kier molecular flexibility index (Phi) is 9.19. The van der Waals surface area contributed by atoms with Crippen molar-refractivity contribution in [1.29, 1.82) is 0 Å². The van der Waals surface area contributed by atoms with Gasteiger partial charge in [-0.1, -0.05) is 70.1 Å². The van der Waals surface area contributed by atoms with Crippen LogP contribution in [0.3, 0.4) is 0 Å². The average molecular weight is 399 g/mol. The van der Waals surface area contributed by atoms with Crippen molar-refractivity contribution in [3.05, 3.63) is 0 Å². The molecule has 0 radical (unpaired) electrons. The molecule has 0 aliphatic heterocycles. The van der Waals surface area contributed by atoms with E-state index in [2.05, 4.69) is 48.5 Å². The summed E-state index contributed by atoms with van der Waals surface area (Å²) >= 11 is 3.02. The fourth-order valence-electron chi connectivity index (χ4n) is 3.35. The largest absolute Gasteiger partial charge is 0.360 e. The van der Waals surface area contributed by atoms with Gasteiger partial charge in [-0.15, -0.1) is 10.2 Å². The maximum atomic E-state index is 12.3. The molecule has 0 aromatic carbocycles. The number of carbonyl (C=O) groups excluding carboxylic acids is 1. The van der Waals surface area contributed by atoms with Crippen molar-refractivity contribution in [3.8, 4) is 0 Å². The molecule has 26 heavy (non-hydrogen) atoms. The van der Waals surface area contributed by atoms with Gasteiger partial charge in [-0.3, -0.25) is 4.79 Å². The first kappa shape index (κ1) is 21.5. The lowest BCUT2D eigenvalue weighted by Crippen LogP contribution is -2.44. The fraction of sp³-hybridized carbons (Fsp3) is 0.842. The summed E-state index contributed by atoms with van der Waals surface area (Å²) in [5.74, 6) is 2.56. The molecule has 4 atom stereocenters. The van der Waals surface area contributed by atoms with Crippen LogP contribution in [0.4, 0.5) is 5.13 Å². The third-order valence-corrected chi connectivity index (χ3v) is 7.65. The topological polar surface area (TPSA) is 66.9 Å². The predicted octanol–water partition coefficient (Wildman–Crippen LogP) is 4.81. The normalized spacial score (nSPS) is 24.2. The molecule has 0 saturated heterocycles. The Balaban J connectivity index is 1.66. The molecule has 0 spiro atoms. The number of hydrogen-bond donors (Lipinski definition) is 2. The van der Waals surface area contributed by atoms with Crippen molar-refractivity contribution in [3.63, 3.8) is 0 Å². The Morgan fingerprint density at radius 3 is 2.92 bits per heavy atom. The molecular formula is C19H34N4OS2. The smallest absolute Gasteiger partial charge is 0.230 e. The van der Waals surface area contributed by atoms with Crippen LogP contribution in [0.1, 0.15) is 66.2 Å². The third-order valence-electron chi connectivity index (χ3n) is 5.63. The van der Waals surface area contributed by atoms with Crippen molar-refractivity contribution in [2.24, 2.45) is 17.8 Å². The molecule has 0 unspecified atom stereocenters. The van der Waals surface area contributed by atoms with Crippen LogP contribution in [0.5, 0.6) is 0 Å². The van der Waals surface area contributed by atoms with Gasteiger partial charge in [-0.05, 0) is 37.0 Å². The van der Waals surface area contributed by atoms with Crippen LogP contribution >= 0.6 is 23.1 Å². The van der Waals surface area contributed by atoms with Gasteiger partial charge in [0.1, 0.15) is 0 Å². The lowest BCUT2D eigenvalue weighted by Gasteiger charge is -2.34. The van der Waals surface area contributed by atoms with Crippen molar-refractivity contribution in [2.45, 2.75) is 76.6 Å². The summed E-state index contributed by atoms with van der Waals surface area (Å²) in [6.45, 7) is 10.0. The number of nitrogens with one attached hydrogen (secondary N) is 2. The minimum Gasteiger partial charge on any atom is -0.360 e. The molecule has 1 aromatic rings. The van der Waals surface area contributed by atoms with E-state index in [1.165, 1.54) is 48.8 Å². The number of thioether (sulfide) groups is 1. The van der Waals surface area contributed by atoms with Crippen LogP contribution in [0.2, 0.25) is 0 Å². The van der Waals surface area contributed by atoms with Crippen LogP contribution in [0.25, 0.3) is 0 Å². The van der Waals surface area contributed by atoms with Crippen LogP contribution in [-0.2, 0) is 4.79 Å². The van der Waals surface area contributed by atoms with E-state index in [4.69, 9.17) is 0 Å². The SMILES string of the molecule is CC[C@@H](C)CCCNc1nnc(SCC(=O)N[C@H]2CCC[C@H](C)[C@@H]2C)s1. The second-order valence-corrected chi connectivity index (χ2v) is 9.89. The summed E-state index contributed by atoms with van der Waals surface area (Å²) in [7, 11) is 0. The van der Waals surface area contributed by atoms with Gasteiger partial charge in [0, 0.05) is 12.6 Å². The number of anilines is 1. The minimum atomic E-state index is 0.110. The number of rotatable bonds is 10. The van der Waals surface area contributed by atoms with E-state index in [0.29, 0.717) is 23.6 Å². The molecule has 1 fully saturated rings. The summed E-state index contributed by atoms with van der Waals surface area (Å²) in [6, 6.07) is 0.323. The summed E-state index contributed by atoms with van der Waals surface area (Å²) < 4.78 is 0.856. The molecule has 1 heterocycles. The number of carbonyl (C=O) groups is 1. The van der Waals surface area contributed by atoms with Crippen molar-refractivity contribution >= 4 is 34.1 Å². The van der Waals surface area contributed by atoms with Crippen LogP contribution < -0.4 is 10.6 Å². The standard InChI is InChI=1S/C19H34N4OS2/c1-5-13(2)8-7-11-20-18-22-23-19(26-18)25-12-17(24)21-16-10-6-9-14(3)15(16)4/h13-16H,5-12H2,1-4H3,(H,20,22)(H,21,24)/t13-,14+,15+,16+/m1/s1. The lowest BCUT2D eigenvalue weighted by atomic mass is 9.78. The molecule has 1 amide bonds. The number of hydrogen-bond acceptors (Lipinski definition) is 6. The van der Waals surface area contributed by atoms with Gasteiger partial charge in [-0.25, -0.2) is 0 Å². The van der Waals surface area contributed by atoms with Crippen LogP contribution in [0, 0.1) is 17.8 Å². The number of nitrogens with zero attached hydrogens (tertiary/aromatic N) is 2. The average Bonchev–Trinajstić information content (AvgIpc) is 3.08. The maximum absolute atomic E-state index is 12.3. The van der Waals surface area contributed by atoms with E-state index < -0.39 is 0 Å². The summed E-state index contributed by atoms with van der Waals surface area (Å²) in [5, 5.41) is 15.8. The highest BCUT2D eigenvalue weighted by molar-refractivity contribution is 8.01. The van der Waals surface area contributed by atoms with E-state index in [0.717, 1.165) is 34.8 Å². The Bertz CT molecular complexity index is 551. The first-order valence-corrected chi connectivity index (χ1v) is 11.8. The number of aromatic nitrogens is 2. The molecule has 5 nitrogen and oxygen atoms in total. The fourth-order valence-corrected chi connectivity index (χ4v) is 4.94. The molecule has 148 valence electrons. The van der Waals surface area contributed by atoms with Gasteiger partial charge >= 0.3 is 0 Å². The molecule has 1 aliphatic carbocycles. The zero-order chi connectivity index (χ0) is 18.9. The molecule has 7 heteroatoms. The summed E-state index contributed by atoms with van der Waals surface area (Å²) in [6.07, 6.45) is 7.22. The van der Waals surface area contributed by atoms with Gasteiger partial charge in [0.25, 0.3) is 0 Å².